The number of nitrogens with one attached hydrogen (secondary N) is 4. The van der Waals surface area contributed by atoms with Gasteiger partial charge in [-0.25, -0.2) is 10.2 Å². The number of benzene rings is 1. The van der Waals surface area contributed by atoms with E-state index < -0.39 is 35.8 Å². The Kier molecular flexibility index (Phi) is 8.60. The highest BCUT2D eigenvalue weighted by Crippen LogP contribution is 2.08. The Bertz CT molecular complexity index is 723. The molecule has 1 aromatic carbocycles. The Labute approximate surface area is 169 Å². The second kappa shape index (κ2) is 11.2. The van der Waals surface area contributed by atoms with Crippen LogP contribution in [0.3, 0.4) is 0 Å². The predicted molar refractivity (Wildman–Crippen MR) is 105 cm³/mol. The number of carbonyl (C=O) groups excluding carboxylic acids is 4. The van der Waals surface area contributed by atoms with E-state index in [2.05, 4.69) is 21.5 Å². The zero-order valence-electron chi connectivity index (χ0n) is 16.7. The maximum atomic E-state index is 12.7. The first kappa shape index (κ1) is 22.4. The minimum absolute atomic E-state index is 0.0768. The van der Waals surface area contributed by atoms with Crippen molar-refractivity contribution in [3.8, 4) is 0 Å². The van der Waals surface area contributed by atoms with E-state index in [1.54, 1.807) is 13.8 Å². The molecule has 0 spiro atoms. The second-order valence-corrected chi connectivity index (χ2v) is 7.23. The molecule has 9 nitrogen and oxygen atoms in total. The minimum atomic E-state index is -0.939. The molecule has 1 fully saturated rings. The van der Waals surface area contributed by atoms with Crippen molar-refractivity contribution in [3.63, 3.8) is 0 Å². The van der Waals surface area contributed by atoms with Gasteiger partial charge in [0.15, 0.2) is 0 Å². The summed E-state index contributed by atoms with van der Waals surface area (Å²) in [6.07, 6.45) is 1.03. The van der Waals surface area contributed by atoms with Crippen molar-refractivity contribution in [2.45, 2.75) is 51.8 Å². The van der Waals surface area contributed by atoms with E-state index in [1.807, 2.05) is 30.3 Å². The molecular weight excluding hydrogens is 376 g/mol. The number of carbonyl (C=O) groups is 4. The molecule has 1 heterocycles. The van der Waals surface area contributed by atoms with E-state index in [9.17, 15) is 19.2 Å². The molecule has 2 rings (SSSR count). The molecule has 2 unspecified atom stereocenters. The fourth-order valence-corrected chi connectivity index (χ4v) is 2.88. The first-order valence-corrected chi connectivity index (χ1v) is 9.73. The third-order valence-corrected chi connectivity index (χ3v) is 4.54. The second-order valence-electron chi connectivity index (χ2n) is 7.23. The average molecular weight is 404 g/mol. The molecule has 1 aromatic rings. The number of ether oxygens (including phenoxy) is 1. The highest BCUT2D eigenvalue weighted by atomic mass is 16.5. The molecule has 0 aliphatic carbocycles. The van der Waals surface area contributed by atoms with Crippen molar-refractivity contribution >= 4 is 23.7 Å². The van der Waals surface area contributed by atoms with Crippen molar-refractivity contribution in [1.29, 1.82) is 0 Å². The topological polar surface area (TPSA) is 126 Å². The number of ketones is 1. The van der Waals surface area contributed by atoms with Crippen molar-refractivity contribution in [2.75, 3.05) is 6.54 Å². The van der Waals surface area contributed by atoms with Gasteiger partial charge in [-0.05, 0) is 30.7 Å². The van der Waals surface area contributed by atoms with Crippen LogP contribution in [0.5, 0.6) is 0 Å². The lowest BCUT2D eigenvalue weighted by atomic mass is 10.0. The molecule has 9 heteroatoms. The number of Topliss-reactive ketones (excluding diaryl/α,β-unsaturated/α-hetero) is 1. The summed E-state index contributed by atoms with van der Waals surface area (Å²) in [5.41, 5.74) is 5.81. The summed E-state index contributed by atoms with van der Waals surface area (Å²) in [4.78, 5) is 49.0. The number of rotatable bonds is 6. The fraction of sp³-hybridized carbons (Fsp3) is 0.500. The standard InChI is InChI=1S/C20H28N4O5/c1-13(2)16(23-20(28)29-12-14-8-4-3-5-9-14)18(26)22-15-10-6-7-11-21-24-19(27)17(15)25/h3-5,8-9,13,15-16,21H,6-7,10-12H2,1-2H3,(H,22,26)(H,23,28)(H,24,27). The van der Waals surface area contributed by atoms with E-state index in [0.29, 0.717) is 19.4 Å². The molecule has 0 aromatic heterocycles. The molecular formula is C20H28N4O5. The van der Waals surface area contributed by atoms with Crippen LogP contribution in [0.1, 0.15) is 38.7 Å². The Morgan fingerprint density at radius 2 is 1.90 bits per heavy atom. The Hall–Kier alpha value is -2.94. The summed E-state index contributed by atoms with van der Waals surface area (Å²) in [5, 5.41) is 5.15. The summed E-state index contributed by atoms with van der Waals surface area (Å²) in [6, 6.07) is 7.33. The van der Waals surface area contributed by atoms with Crippen molar-refractivity contribution < 1.29 is 23.9 Å². The molecule has 1 aliphatic rings. The maximum absolute atomic E-state index is 12.7. The Morgan fingerprint density at radius 1 is 1.17 bits per heavy atom. The highest BCUT2D eigenvalue weighted by Gasteiger charge is 2.31. The zero-order valence-corrected chi connectivity index (χ0v) is 16.7. The number of hydrazine groups is 1. The predicted octanol–water partition coefficient (Wildman–Crippen LogP) is 0.796. The summed E-state index contributed by atoms with van der Waals surface area (Å²) in [6.45, 7) is 4.16. The monoisotopic (exact) mass is 404 g/mol. The SMILES string of the molecule is CC(C)C(NC(=O)OCc1ccccc1)C(=O)NC1CCCCNNC(=O)C1=O. The molecule has 158 valence electrons. The van der Waals surface area contributed by atoms with Crippen molar-refractivity contribution in [1.82, 2.24) is 21.5 Å². The van der Waals surface area contributed by atoms with E-state index in [4.69, 9.17) is 4.74 Å². The van der Waals surface area contributed by atoms with Gasteiger partial charge in [-0.1, -0.05) is 44.2 Å². The van der Waals surface area contributed by atoms with Crippen LogP contribution < -0.4 is 21.5 Å². The van der Waals surface area contributed by atoms with E-state index in [-0.39, 0.29) is 12.5 Å². The van der Waals surface area contributed by atoms with Gasteiger partial charge in [0.1, 0.15) is 12.6 Å². The summed E-state index contributed by atoms with van der Waals surface area (Å²) in [7, 11) is 0. The van der Waals surface area contributed by atoms with Gasteiger partial charge in [-0.15, -0.1) is 0 Å². The third-order valence-electron chi connectivity index (χ3n) is 4.54. The number of hydrogen-bond acceptors (Lipinski definition) is 6. The summed E-state index contributed by atoms with van der Waals surface area (Å²) >= 11 is 0. The van der Waals surface area contributed by atoms with E-state index in [1.165, 1.54) is 0 Å². The highest BCUT2D eigenvalue weighted by molar-refractivity contribution is 6.38. The van der Waals surface area contributed by atoms with Gasteiger partial charge in [0.25, 0.3) is 0 Å². The first-order chi connectivity index (χ1) is 13.9. The lowest BCUT2D eigenvalue weighted by molar-refractivity contribution is -0.140. The molecule has 1 saturated heterocycles. The normalized spacial score (nSPS) is 18.7. The molecule has 1 aliphatic heterocycles. The Balaban J connectivity index is 1.95. The van der Waals surface area contributed by atoms with Crippen LogP contribution in [0.4, 0.5) is 4.79 Å². The molecule has 3 amide bonds. The number of alkyl carbamates (subject to hydrolysis) is 1. The largest absolute Gasteiger partial charge is 0.445 e. The van der Waals surface area contributed by atoms with Crippen LogP contribution in [0.2, 0.25) is 0 Å². The van der Waals surface area contributed by atoms with E-state index >= 15 is 0 Å². The zero-order chi connectivity index (χ0) is 21.2. The maximum Gasteiger partial charge on any atom is 0.408 e. The van der Waals surface area contributed by atoms with Gasteiger partial charge in [-0.2, -0.15) is 0 Å². The molecule has 0 radical (unpaired) electrons. The van der Waals surface area contributed by atoms with Gasteiger partial charge in [-0.3, -0.25) is 19.8 Å². The van der Waals surface area contributed by atoms with Crippen LogP contribution in [0.15, 0.2) is 30.3 Å². The van der Waals surface area contributed by atoms with Crippen LogP contribution in [-0.2, 0) is 25.7 Å². The van der Waals surface area contributed by atoms with Gasteiger partial charge in [0.05, 0.1) is 6.04 Å². The van der Waals surface area contributed by atoms with Crippen LogP contribution >= 0.6 is 0 Å². The summed E-state index contributed by atoms with van der Waals surface area (Å²) in [5.74, 6) is -2.30. The minimum Gasteiger partial charge on any atom is -0.445 e. The summed E-state index contributed by atoms with van der Waals surface area (Å²) < 4.78 is 5.17. The quantitative estimate of drug-likeness (QED) is 0.520. The molecule has 29 heavy (non-hydrogen) atoms. The van der Waals surface area contributed by atoms with E-state index in [0.717, 1.165) is 12.0 Å². The van der Waals surface area contributed by atoms with Crippen molar-refractivity contribution in [2.24, 2.45) is 5.92 Å². The number of amides is 3. The van der Waals surface area contributed by atoms with Gasteiger partial charge in [0.2, 0.25) is 11.7 Å². The van der Waals surface area contributed by atoms with Crippen LogP contribution in [0, 0.1) is 5.92 Å². The van der Waals surface area contributed by atoms with Gasteiger partial charge in [0, 0.05) is 6.54 Å². The van der Waals surface area contributed by atoms with Crippen LogP contribution in [0.25, 0.3) is 0 Å². The van der Waals surface area contributed by atoms with Gasteiger partial charge >= 0.3 is 12.0 Å². The molecule has 0 saturated carbocycles. The fourth-order valence-electron chi connectivity index (χ4n) is 2.88. The third kappa shape index (κ3) is 7.19. The average Bonchev–Trinajstić information content (AvgIpc) is 2.78. The van der Waals surface area contributed by atoms with Crippen LogP contribution in [-0.4, -0.2) is 42.3 Å². The Morgan fingerprint density at radius 3 is 2.59 bits per heavy atom. The molecule has 2 atom stereocenters. The van der Waals surface area contributed by atoms with Crippen molar-refractivity contribution in [3.05, 3.63) is 35.9 Å². The molecule has 0 bridgehead atoms. The lowest BCUT2D eigenvalue weighted by Crippen LogP contribution is -2.56. The first-order valence-electron chi connectivity index (χ1n) is 9.73. The lowest BCUT2D eigenvalue weighted by Gasteiger charge is -2.24. The molecule has 4 N–H and O–H groups in total. The number of hydrogen-bond donors (Lipinski definition) is 4. The smallest absolute Gasteiger partial charge is 0.408 e. The van der Waals surface area contributed by atoms with Gasteiger partial charge < -0.3 is 15.4 Å².